The molecule has 0 saturated carbocycles. The molecule has 0 radical (unpaired) electrons. The average molecular weight is 372 g/mol. The largest absolute Gasteiger partial charge is 0.448 e. The molecule has 3 aromatic rings. The van der Waals surface area contributed by atoms with E-state index in [-0.39, 0.29) is 11.4 Å². The lowest BCUT2D eigenvalue weighted by atomic mass is 10.2. The first-order chi connectivity index (χ1) is 12.9. The second-order valence-electron chi connectivity index (χ2n) is 5.58. The monoisotopic (exact) mass is 372 g/mol. The number of nitro groups is 1. The maximum atomic E-state index is 13.3. The summed E-state index contributed by atoms with van der Waals surface area (Å²) >= 11 is 0. The number of nitro benzene ring substituents is 1. The van der Waals surface area contributed by atoms with Crippen LogP contribution in [0, 0.1) is 15.9 Å². The third-order valence-electron chi connectivity index (χ3n) is 3.73. The molecule has 1 atom stereocenters. The summed E-state index contributed by atoms with van der Waals surface area (Å²) < 4.78 is 18.4. The minimum Gasteiger partial charge on any atom is -0.448 e. The number of amides is 1. The number of aromatic amines is 1. The second kappa shape index (κ2) is 7.20. The molecule has 10 heteroatoms. The van der Waals surface area contributed by atoms with Gasteiger partial charge in [-0.05, 0) is 25.1 Å². The molecule has 1 heterocycles. The first-order valence-corrected chi connectivity index (χ1v) is 7.75. The van der Waals surface area contributed by atoms with Crippen LogP contribution < -0.4 is 5.32 Å². The molecule has 1 amide bonds. The first-order valence-electron chi connectivity index (χ1n) is 7.75. The second-order valence-corrected chi connectivity index (χ2v) is 5.58. The molecule has 27 heavy (non-hydrogen) atoms. The maximum absolute atomic E-state index is 13.3. The Bertz CT molecular complexity index is 1050. The summed E-state index contributed by atoms with van der Waals surface area (Å²) in [5.74, 6) is -2.56. The van der Waals surface area contributed by atoms with Crippen LogP contribution >= 0.6 is 0 Å². The molecule has 0 aliphatic carbocycles. The third kappa shape index (κ3) is 3.73. The zero-order valence-electron chi connectivity index (χ0n) is 13.9. The molecule has 0 aliphatic heterocycles. The van der Waals surface area contributed by atoms with E-state index in [9.17, 15) is 24.1 Å². The van der Waals surface area contributed by atoms with Crippen molar-refractivity contribution in [3.63, 3.8) is 0 Å². The Morgan fingerprint density at radius 3 is 2.78 bits per heavy atom. The number of anilines is 1. The van der Waals surface area contributed by atoms with Crippen molar-refractivity contribution >= 4 is 34.2 Å². The van der Waals surface area contributed by atoms with E-state index in [1.54, 1.807) is 24.3 Å². The van der Waals surface area contributed by atoms with E-state index < -0.39 is 34.4 Å². The van der Waals surface area contributed by atoms with Gasteiger partial charge >= 0.3 is 11.7 Å². The number of hydrogen-bond donors (Lipinski definition) is 2. The van der Waals surface area contributed by atoms with Crippen LogP contribution in [0.3, 0.4) is 0 Å². The SMILES string of the molecule is C[C@H](OC(=O)c1n[nH]c2ccccc12)C(=O)Nc1ccc(F)c([N+](=O)[O-])c1. The van der Waals surface area contributed by atoms with Crippen molar-refractivity contribution < 1.29 is 23.6 Å². The number of hydrogen-bond acceptors (Lipinski definition) is 6. The van der Waals surface area contributed by atoms with Crippen molar-refractivity contribution in [1.29, 1.82) is 0 Å². The fourth-order valence-electron chi connectivity index (χ4n) is 2.36. The van der Waals surface area contributed by atoms with Crippen LogP contribution in [0.25, 0.3) is 10.9 Å². The van der Waals surface area contributed by atoms with Crippen LogP contribution in [0.15, 0.2) is 42.5 Å². The number of benzene rings is 2. The summed E-state index contributed by atoms with van der Waals surface area (Å²) in [6, 6.07) is 9.81. The van der Waals surface area contributed by atoms with Crippen molar-refractivity contribution in [1.82, 2.24) is 10.2 Å². The average Bonchev–Trinajstić information content (AvgIpc) is 3.07. The summed E-state index contributed by atoms with van der Waals surface area (Å²) in [7, 11) is 0. The predicted molar refractivity (Wildman–Crippen MR) is 92.7 cm³/mol. The van der Waals surface area contributed by atoms with Gasteiger partial charge in [0.25, 0.3) is 5.91 Å². The number of nitrogens with zero attached hydrogens (tertiary/aromatic N) is 2. The van der Waals surface area contributed by atoms with Gasteiger partial charge in [-0.15, -0.1) is 0 Å². The van der Waals surface area contributed by atoms with Gasteiger partial charge in [0.2, 0.25) is 5.82 Å². The minimum atomic E-state index is -1.21. The van der Waals surface area contributed by atoms with Crippen LogP contribution in [-0.4, -0.2) is 33.1 Å². The zero-order chi connectivity index (χ0) is 19.6. The Kier molecular flexibility index (Phi) is 4.79. The highest BCUT2D eigenvalue weighted by Gasteiger charge is 2.23. The lowest BCUT2D eigenvalue weighted by Gasteiger charge is -2.13. The van der Waals surface area contributed by atoms with Crippen molar-refractivity contribution in [3.8, 4) is 0 Å². The molecule has 0 fully saturated rings. The van der Waals surface area contributed by atoms with E-state index >= 15 is 0 Å². The predicted octanol–water partition coefficient (Wildman–Crippen LogP) is 2.79. The number of carbonyl (C=O) groups excluding carboxylic acids is 2. The fourth-order valence-corrected chi connectivity index (χ4v) is 2.36. The van der Waals surface area contributed by atoms with Gasteiger partial charge < -0.3 is 10.1 Å². The number of fused-ring (bicyclic) bond motifs is 1. The maximum Gasteiger partial charge on any atom is 0.360 e. The van der Waals surface area contributed by atoms with Crippen LogP contribution in [0.5, 0.6) is 0 Å². The van der Waals surface area contributed by atoms with Crippen LogP contribution in [0.2, 0.25) is 0 Å². The quantitative estimate of drug-likeness (QED) is 0.403. The molecule has 9 nitrogen and oxygen atoms in total. The number of esters is 1. The molecule has 0 unspecified atom stereocenters. The Labute approximate surface area is 151 Å². The Balaban J connectivity index is 1.70. The van der Waals surface area contributed by atoms with E-state index in [0.717, 1.165) is 18.2 Å². The number of ether oxygens (including phenoxy) is 1. The zero-order valence-corrected chi connectivity index (χ0v) is 13.9. The number of halogens is 1. The van der Waals surface area contributed by atoms with E-state index in [2.05, 4.69) is 15.5 Å². The van der Waals surface area contributed by atoms with Gasteiger partial charge in [0.05, 0.1) is 10.4 Å². The lowest BCUT2D eigenvalue weighted by Crippen LogP contribution is -2.30. The smallest absolute Gasteiger partial charge is 0.360 e. The number of H-pyrrole nitrogens is 1. The van der Waals surface area contributed by atoms with Gasteiger partial charge in [-0.2, -0.15) is 9.49 Å². The summed E-state index contributed by atoms with van der Waals surface area (Å²) in [6.07, 6.45) is -1.21. The molecule has 3 rings (SSSR count). The Morgan fingerprint density at radius 2 is 2.04 bits per heavy atom. The molecule has 0 aliphatic rings. The minimum absolute atomic E-state index is 0.00113. The highest BCUT2D eigenvalue weighted by atomic mass is 19.1. The molecule has 1 aromatic heterocycles. The highest BCUT2D eigenvalue weighted by Crippen LogP contribution is 2.22. The first kappa shape index (κ1) is 18.0. The summed E-state index contributed by atoms with van der Waals surface area (Å²) in [5.41, 5.74) is -0.107. The topological polar surface area (TPSA) is 127 Å². The van der Waals surface area contributed by atoms with Gasteiger partial charge in [0.1, 0.15) is 0 Å². The molecule has 2 N–H and O–H groups in total. The normalized spacial score (nSPS) is 11.8. The van der Waals surface area contributed by atoms with Crippen molar-refractivity contribution in [3.05, 3.63) is 64.1 Å². The van der Waals surface area contributed by atoms with E-state index in [4.69, 9.17) is 4.74 Å². The molecule has 0 bridgehead atoms. The number of nitrogens with one attached hydrogen (secondary N) is 2. The molecule has 0 saturated heterocycles. The van der Waals surface area contributed by atoms with Crippen molar-refractivity contribution in [2.75, 3.05) is 5.32 Å². The molecular weight excluding hydrogens is 359 g/mol. The Morgan fingerprint density at radius 1 is 1.30 bits per heavy atom. The van der Waals surface area contributed by atoms with E-state index in [1.807, 2.05) is 0 Å². The number of rotatable bonds is 5. The molecule has 138 valence electrons. The lowest BCUT2D eigenvalue weighted by molar-refractivity contribution is -0.387. The van der Waals surface area contributed by atoms with E-state index in [0.29, 0.717) is 10.9 Å². The number of para-hydroxylation sites is 1. The standard InChI is InChI=1S/C17H13FN4O5/c1-9(16(23)19-10-6-7-12(18)14(8-10)22(25)26)27-17(24)15-11-4-2-3-5-13(11)20-21-15/h2-9H,1H3,(H,19,23)(H,20,21)/t9-/m0/s1. The summed E-state index contributed by atoms with van der Waals surface area (Å²) in [6.45, 7) is 1.33. The molecule has 0 spiro atoms. The van der Waals surface area contributed by atoms with Crippen LogP contribution in [-0.2, 0) is 9.53 Å². The summed E-state index contributed by atoms with van der Waals surface area (Å²) in [4.78, 5) is 34.3. The van der Waals surface area contributed by atoms with Crippen molar-refractivity contribution in [2.24, 2.45) is 0 Å². The van der Waals surface area contributed by atoms with Crippen LogP contribution in [0.4, 0.5) is 15.8 Å². The third-order valence-corrected chi connectivity index (χ3v) is 3.73. The van der Waals surface area contributed by atoms with Crippen molar-refractivity contribution in [2.45, 2.75) is 13.0 Å². The highest BCUT2D eigenvalue weighted by molar-refractivity contribution is 6.03. The summed E-state index contributed by atoms with van der Waals surface area (Å²) in [5, 5.41) is 20.2. The van der Waals surface area contributed by atoms with Crippen LogP contribution in [0.1, 0.15) is 17.4 Å². The van der Waals surface area contributed by atoms with Gasteiger partial charge in [-0.25, -0.2) is 4.79 Å². The number of carbonyl (C=O) groups is 2. The Hall–Kier alpha value is -3.82. The fraction of sp³-hybridized carbons (Fsp3) is 0.118. The van der Waals surface area contributed by atoms with Gasteiger partial charge in [0, 0.05) is 17.1 Å². The van der Waals surface area contributed by atoms with Gasteiger partial charge in [0.15, 0.2) is 11.8 Å². The van der Waals surface area contributed by atoms with E-state index in [1.165, 1.54) is 6.92 Å². The number of aromatic nitrogens is 2. The molecule has 2 aromatic carbocycles. The molecular formula is C17H13FN4O5. The van der Waals surface area contributed by atoms with Gasteiger partial charge in [-0.3, -0.25) is 20.0 Å². The van der Waals surface area contributed by atoms with Gasteiger partial charge in [-0.1, -0.05) is 18.2 Å².